The van der Waals surface area contributed by atoms with Gasteiger partial charge in [-0.05, 0) is 0 Å². The van der Waals surface area contributed by atoms with Gasteiger partial charge in [0, 0.05) is 19.4 Å². The number of nitrogens with one attached hydrogen (secondary N) is 1. The zero-order valence-corrected chi connectivity index (χ0v) is 10.3. The highest BCUT2D eigenvalue weighted by Gasteiger charge is 2.02. The summed E-state index contributed by atoms with van der Waals surface area (Å²) >= 11 is 3.99. The minimum Gasteiger partial charge on any atom is -0.355 e. The van der Waals surface area contributed by atoms with Gasteiger partial charge in [0.25, 0.3) is 5.91 Å². The van der Waals surface area contributed by atoms with E-state index in [0.717, 1.165) is 0 Å². The monoisotopic (exact) mass is 239 g/mol. The molecule has 1 aromatic rings. The molecule has 1 saturated carbocycles. The van der Waals surface area contributed by atoms with E-state index in [9.17, 15) is 4.79 Å². The number of amides is 1. The van der Waals surface area contributed by atoms with Crippen LogP contribution in [0, 0.1) is 0 Å². The molecule has 1 aromatic heterocycles. The second-order valence-electron chi connectivity index (χ2n) is 3.54. The van der Waals surface area contributed by atoms with Crippen LogP contribution >= 0.6 is 12.6 Å². The highest BCUT2D eigenvalue weighted by Crippen LogP contribution is 2.15. The average molecular weight is 239 g/mol. The Morgan fingerprint density at radius 1 is 1.31 bits per heavy atom. The van der Waals surface area contributed by atoms with Gasteiger partial charge in [0.05, 0.1) is 11.3 Å². The second kappa shape index (κ2) is 7.22. The number of carbonyl (C=O) groups is 1. The first kappa shape index (κ1) is 13.0. The van der Waals surface area contributed by atoms with Crippen molar-refractivity contribution in [3.8, 4) is 0 Å². The average Bonchev–Trinajstić information content (AvgIpc) is 2.26. The number of aromatic nitrogens is 2. The van der Waals surface area contributed by atoms with Crippen LogP contribution < -0.4 is 5.32 Å². The first-order valence-electron chi connectivity index (χ1n) is 5.41. The molecule has 2 rings (SSSR count). The molecular formula is C11H17N3OS. The maximum absolute atomic E-state index is 11.0. The fourth-order valence-electron chi connectivity index (χ4n) is 0.948. The molecule has 1 amide bonds. The van der Waals surface area contributed by atoms with Gasteiger partial charge in [0.1, 0.15) is 5.82 Å². The van der Waals surface area contributed by atoms with Crippen molar-refractivity contribution in [3.05, 3.63) is 23.8 Å². The van der Waals surface area contributed by atoms with Crippen LogP contribution in [0.4, 0.5) is 0 Å². The van der Waals surface area contributed by atoms with Gasteiger partial charge in [-0.2, -0.15) is 12.6 Å². The van der Waals surface area contributed by atoms with Gasteiger partial charge in [0.2, 0.25) is 0 Å². The molecule has 0 radical (unpaired) electrons. The normalized spacial score (nSPS) is 13.1. The molecule has 88 valence electrons. The molecule has 0 saturated heterocycles. The summed E-state index contributed by atoms with van der Waals surface area (Å²) in [6.45, 7) is 0. The smallest absolute Gasteiger partial charge is 0.254 e. The molecule has 1 aliphatic rings. The van der Waals surface area contributed by atoms with Crippen molar-refractivity contribution >= 4 is 18.5 Å². The molecular weight excluding hydrogens is 222 g/mol. The lowest BCUT2D eigenvalue weighted by atomic mass is 10.0. The van der Waals surface area contributed by atoms with Gasteiger partial charge >= 0.3 is 0 Å². The van der Waals surface area contributed by atoms with Crippen molar-refractivity contribution in [2.24, 2.45) is 0 Å². The third-order valence-corrected chi connectivity index (χ3v) is 2.62. The summed E-state index contributed by atoms with van der Waals surface area (Å²) in [5.41, 5.74) is 0.461. The van der Waals surface area contributed by atoms with Crippen LogP contribution in [-0.2, 0) is 5.75 Å². The standard InChI is InChI=1S/C7H9N3OS.C4H8/c1-8-7(11)5-2-9-6(4-12)10-3-5;1-2-4-3-1/h2-3,12H,4H2,1H3,(H,8,11);1-4H2. The lowest BCUT2D eigenvalue weighted by Crippen LogP contribution is -2.18. The Labute approximate surface area is 101 Å². The quantitative estimate of drug-likeness (QED) is 0.774. The maximum Gasteiger partial charge on any atom is 0.254 e. The lowest BCUT2D eigenvalue weighted by molar-refractivity contribution is 0.0962. The Balaban J connectivity index is 0.000000267. The van der Waals surface area contributed by atoms with Crippen molar-refractivity contribution in [2.75, 3.05) is 7.05 Å². The van der Waals surface area contributed by atoms with E-state index >= 15 is 0 Å². The number of hydrogen-bond acceptors (Lipinski definition) is 4. The minimum absolute atomic E-state index is 0.180. The number of thiol groups is 1. The van der Waals surface area contributed by atoms with E-state index in [0.29, 0.717) is 17.1 Å². The molecule has 1 fully saturated rings. The molecule has 0 aliphatic heterocycles. The van der Waals surface area contributed by atoms with Crippen LogP contribution in [0.1, 0.15) is 41.9 Å². The summed E-state index contributed by atoms with van der Waals surface area (Å²) in [6.07, 6.45) is 8.97. The molecule has 0 unspecified atom stereocenters. The van der Waals surface area contributed by atoms with E-state index in [2.05, 4.69) is 27.9 Å². The summed E-state index contributed by atoms with van der Waals surface area (Å²) in [5.74, 6) is 0.917. The summed E-state index contributed by atoms with van der Waals surface area (Å²) < 4.78 is 0. The maximum atomic E-state index is 11.0. The van der Waals surface area contributed by atoms with Gasteiger partial charge < -0.3 is 5.32 Å². The van der Waals surface area contributed by atoms with Crippen LogP contribution in [0.25, 0.3) is 0 Å². The zero-order valence-electron chi connectivity index (χ0n) is 9.44. The van der Waals surface area contributed by atoms with E-state index in [-0.39, 0.29) is 5.91 Å². The molecule has 4 nitrogen and oxygen atoms in total. The van der Waals surface area contributed by atoms with Crippen LogP contribution in [0.2, 0.25) is 0 Å². The summed E-state index contributed by atoms with van der Waals surface area (Å²) in [7, 11) is 1.56. The number of carbonyl (C=O) groups excluding carboxylic acids is 1. The fourth-order valence-corrected chi connectivity index (χ4v) is 1.11. The summed E-state index contributed by atoms with van der Waals surface area (Å²) in [6, 6.07) is 0. The first-order valence-corrected chi connectivity index (χ1v) is 6.05. The molecule has 0 atom stereocenters. The fraction of sp³-hybridized carbons (Fsp3) is 0.545. The number of rotatable bonds is 2. The van der Waals surface area contributed by atoms with E-state index in [1.165, 1.54) is 38.1 Å². The van der Waals surface area contributed by atoms with Crippen LogP contribution in [0.15, 0.2) is 12.4 Å². The zero-order chi connectivity index (χ0) is 11.8. The highest BCUT2D eigenvalue weighted by molar-refractivity contribution is 7.79. The highest BCUT2D eigenvalue weighted by atomic mass is 32.1. The first-order chi connectivity index (χ1) is 7.77. The molecule has 5 heteroatoms. The van der Waals surface area contributed by atoms with E-state index < -0.39 is 0 Å². The molecule has 16 heavy (non-hydrogen) atoms. The Morgan fingerprint density at radius 2 is 1.81 bits per heavy atom. The third kappa shape index (κ3) is 4.18. The van der Waals surface area contributed by atoms with E-state index in [1.54, 1.807) is 7.05 Å². The Kier molecular flexibility index (Phi) is 5.85. The third-order valence-electron chi connectivity index (χ3n) is 2.34. The molecule has 0 bridgehead atoms. The predicted octanol–water partition coefficient (Wildman–Crippen LogP) is 1.83. The molecule has 1 heterocycles. The minimum atomic E-state index is -0.180. The largest absolute Gasteiger partial charge is 0.355 e. The van der Waals surface area contributed by atoms with Gasteiger partial charge in [-0.1, -0.05) is 25.7 Å². The summed E-state index contributed by atoms with van der Waals surface area (Å²) in [5, 5.41) is 2.48. The Morgan fingerprint density at radius 3 is 2.12 bits per heavy atom. The van der Waals surface area contributed by atoms with Gasteiger partial charge in [-0.15, -0.1) is 0 Å². The number of hydrogen-bond donors (Lipinski definition) is 2. The lowest BCUT2D eigenvalue weighted by Gasteiger charge is -2.05. The van der Waals surface area contributed by atoms with Crippen molar-refractivity contribution in [1.82, 2.24) is 15.3 Å². The molecule has 0 aromatic carbocycles. The van der Waals surface area contributed by atoms with Crippen molar-refractivity contribution in [3.63, 3.8) is 0 Å². The summed E-state index contributed by atoms with van der Waals surface area (Å²) in [4.78, 5) is 18.8. The Bertz CT molecular complexity index is 319. The Hall–Kier alpha value is -1.10. The molecule has 1 N–H and O–H groups in total. The van der Waals surface area contributed by atoms with Crippen molar-refractivity contribution in [2.45, 2.75) is 31.4 Å². The molecule has 1 aliphatic carbocycles. The topological polar surface area (TPSA) is 54.9 Å². The van der Waals surface area contributed by atoms with Crippen molar-refractivity contribution in [1.29, 1.82) is 0 Å². The van der Waals surface area contributed by atoms with Crippen LogP contribution in [-0.4, -0.2) is 22.9 Å². The van der Waals surface area contributed by atoms with Gasteiger partial charge in [0.15, 0.2) is 0 Å². The molecule has 0 spiro atoms. The van der Waals surface area contributed by atoms with E-state index in [4.69, 9.17) is 0 Å². The van der Waals surface area contributed by atoms with Gasteiger partial charge in [-0.25, -0.2) is 9.97 Å². The van der Waals surface area contributed by atoms with Crippen LogP contribution in [0.3, 0.4) is 0 Å². The second-order valence-corrected chi connectivity index (χ2v) is 3.86. The predicted molar refractivity (Wildman–Crippen MR) is 66.6 cm³/mol. The van der Waals surface area contributed by atoms with Crippen molar-refractivity contribution < 1.29 is 4.79 Å². The van der Waals surface area contributed by atoms with Gasteiger partial charge in [-0.3, -0.25) is 4.79 Å². The SMILES string of the molecule is C1CCC1.CNC(=O)c1cnc(CS)nc1. The number of nitrogens with zero attached hydrogens (tertiary/aromatic N) is 2. The van der Waals surface area contributed by atoms with Crippen LogP contribution in [0.5, 0.6) is 0 Å². The van der Waals surface area contributed by atoms with E-state index in [1.807, 2.05) is 0 Å².